The Kier molecular flexibility index (Phi) is 17.9. The molecule has 16 nitrogen and oxygen atoms in total. The molecule has 8 rings (SSSR count). The molecule has 0 radical (unpaired) electrons. The van der Waals surface area contributed by atoms with Crippen molar-refractivity contribution in [3.8, 4) is 21.7 Å². The van der Waals surface area contributed by atoms with Gasteiger partial charge in [0.15, 0.2) is 0 Å². The second-order valence-electron chi connectivity index (χ2n) is 20.5. The Morgan fingerprint density at radius 2 is 1.59 bits per heavy atom. The largest absolute Gasteiger partial charge is 0.391 e. The molecule has 5 N–H and O–H groups in total. The van der Waals surface area contributed by atoms with Crippen LogP contribution in [0.25, 0.3) is 21.7 Å². The molecule has 2 fully saturated rings. The predicted molar refractivity (Wildman–Crippen MR) is 291 cm³/mol. The van der Waals surface area contributed by atoms with Crippen molar-refractivity contribution >= 4 is 52.3 Å². The zero-order valence-corrected chi connectivity index (χ0v) is 44.0. The van der Waals surface area contributed by atoms with Gasteiger partial charge in [-0.1, -0.05) is 76.1 Å². The van der Waals surface area contributed by atoms with Crippen molar-refractivity contribution in [2.45, 2.75) is 104 Å². The number of aryl methyl sites for hydroxylation is 2. The predicted octanol–water partition coefficient (Wildman–Crippen LogP) is 8.15. The van der Waals surface area contributed by atoms with Gasteiger partial charge >= 0.3 is 0 Å². The van der Waals surface area contributed by atoms with E-state index >= 15 is 0 Å². The number of β-amino-alcohol motifs (C(OH)–C–C–N with tert-alkyl or cyclic N) is 1. The summed E-state index contributed by atoms with van der Waals surface area (Å²) < 4.78 is 0. The molecule has 1 unspecified atom stereocenters. The number of aromatic nitrogens is 4. The molecule has 6 aromatic rings. The van der Waals surface area contributed by atoms with E-state index in [4.69, 9.17) is 0 Å². The monoisotopic (exact) mass is 1020 g/mol. The number of unbranched alkanes of at least 4 members (excludes halogenated alkanes) is 3. The Bertz CT molecular complexity index is 2850. The maximum absolute atomic E-state index is 14.1. The molecular formula is C57H69N11O5S. The Balaban J connectivity index is 0.712. The minimum atomic E-state index is -0.771. The van der Waals surface area contributed by atoms with E-state index in [1.54, 1.807) is 34.8 Å². The number of anilines is 3. The second-order valence-corrected chi connectivity index (χ2v) is 21.3. The number of pyridine rings is 1. The fourth-order valence-electron chi connectivity index (χ4n) is 9.48. The van der Waals surface area contributed by atoms with Gasteiger partial charge in [-0.25, -0.2) is 15.0 Å². The number of piperazine rings is 1. The lowest BCUT2D eigenvalue weighted by atomic mass is 9.85. The van der Waals surface area contributed by atoms with Gasteiger partial charge in [0.1, 0.15) is 6.04 Å². The fraction of sp³-hybridized carbons (Fsp3) is 0.404. The van der Waals surface area contributed by atoms with Gasteiger partial charge in [-0.2, -0.15) is 0 Å². The third-order valence-electron chi connectivity index (χ3n) is 13.8. The summed E-state index contributed by atoms with van der Waals surface area (Å²) in [5.41, 5.74) is 10.1. The molecule has 3 aromatic carbocycles. The molecule has 3 atom stereocenters. The van der Waals surface area contributed by atoms with Gasteiger partial charge in [-0.05, 0) is 103 Å². The normalized spacial score (nSPS) is 16.5. The summed E-state index contributed by atoms with van der Waals surface area (Å²) in [5, 5.41) is 23.4. The number of carbonyl (C=O) groups excluding carboxylic acids is 4. The number of hydrogen-bond donors (Lipinski definition) is 5. The number of nitrogens with one attached hydrogen (secondary N) is 4. The molecule has 2 saturated heterocycles. The van der Waals surface area contributed by atoms with Crippen LogP contribution in [0.2, 0.25) is 0 Å². The molecule has 2 aliphatic rings. The lowest BCUT2D eigenvalue weighted by Gasteiger charge is -2.35. The van der Waals surface area contributed by atoms with Gasteiger partial charge in [0.25, 0.3) is 5.91 Å². The van der Waals surface area contributed by atoms with E-state index in [2.05, 4.69) is 46.1 Å². The van der Waals surface area contributed by atoms with Crippen LogP contribution >= 0.6 is 11.3 Å². The van der Waals surface area contributed by atoms with Gasteiger partial charge < -0.3 is 36.2 Å². The van der Waals surface area contributed by atoms with Gasteiger partial charge in [0.2, 0.25) is 23.7 Å². The van der Waals surface area contributed by atoms with E-state index in [1.165, 1.54) is 0 Å². The number of aliphatic hydroxyl groups excluding tert-OH is 1. The average Bonchev–Trinajstić information content (AvgIpc) is 4.02. The minimum Gasteiger partial charge on any atom is -0.391 e. The first-order valence-electron chi connectivity index (χ1n) is 25.7. The topological polar surface area (TPSA) is 198 Å². The molecule has 2 aliphatic heterocycles. The van der Waals surface area contributed by atoms with E-state index in [-0.39, 0.29) is 36.6 Å². The summed E-state index contributed by atoms with van der Waals surface area (Å²) in [6, 6.07) is 25.7. The summed E-state index contributed by atoms with van der Waals surface area (Å²) in [6.07, 6.45) is 8.59. The Labute approximate surface area is 438 Å². The quantitative estimate of drug-likeness (QED) is 0.0461. The highest BCUT2D eigenvalue weighted by Gasteiger charge is 2.43. The van der Waals surface area contributed by atoms with Gasteiger partial charge in [0.05, 0.1) is 33.9 Å². The van der Waals surface area contributed by atoms with Gasteiger partial charge in [-0.3, -0.25) is 29.1 Å². The van der Waals surface area contributed by atoms with Crippen molar-refractivity contribution in [2.75, 3.05) is 49.9 Å². The SMILES string of the molecule is Cc1ccc(NC(=O)c2ccc(CN3CCN(C(=O)CCCCCCNC(C(=O)N4C[C@H](O)C[C@H]4C(=O)NCc4ccc(-c5scnc5C)cc4)C(C)(C)C)CC3)cc2)cc1Nc1nccc(-c2cccnc2)n1. The van der Waals surface area contributed by atoms with Crippen LogP contribution in [0.3, 0.4) is 0 Å². The number of rotatable bonds is 20. The van der Waals surface area contributed by atoms with Crippen molar-refractivity contribution in [2.24, 2.45) is 5.41 Å². The first kappa shape index (κ1) is 53.4. The van der Waals surface area contributed by atoms with Crippen LogP contribution in [-0.4, -0.2) is 121 Å². The maximum atomic E-state index is 14.1. The third kappa shape index (κ3) is 14.2. The zero-order chi connectivity index (χ0) is 52.2. The molecule has 0 spiro atoms. The Morgan fingerprint density at radius 3 is 2.31 bits per heavy atom. The standard InChI is InChI=1S/C57H69N11O5S/c1-38-13-22-45(31-48(38)65-56-60-26-23-47(64-56)44-11-10-24-58-34-44)63-53(71)43-20-16-41(17-21-43)35-66-27-29-67(30-28-66)50(70)12-8-6-7-9-25-59-52(57(3,4)5)55(73)68-36-46(69)32-49(68)54(72)61-33-40-14-18-42(19-15-40)51-39(2)62-37-74-51/h10-11,13-24,26,31,34,37,46,49,52,59,69H,6-9,12,25,27-30,32-33,35-36H2,1-5H3,(H,61,72)(H,63,71)(H,60,64,65)/t46-,49+,52?/m1/s1. The van der Waals surface area contributed by atoms with Gasteiger partial charge in [0, 0.05) is 99.7 Å². The summed E-state index contributed by atoms with van der Waals surface area (Å²) in [4.78, 5) is 78.6. The summed E-state index contributed by atoms with van der Waals surface area (Å²) in [5.74, 6) is -0.0331. The number of thiazole rings is 1. The summed E-state index contributed by atoms with van der Waals surface area (Å²) in [6.45, 7) is 14.7. The van der Waals surface area contributed by atoms with E-state index in [9.17, 15) is 24.3 Å². The van der Waals surface area contributed by atoms with Crippen molar-refractivity contribution in [3.05, 3.63) is 137 Å². The van der Waals surface area contributed by atoms with Crippen LogP contribution in [0, 0.1) is 19.3 Å². The van der Waals surface area contributed by atoms with Crippen LogP contribution in [0.15, 0.2) is 109 Å². The number of carbonyl (C=O) groups is 4. The van der Waals surface area contributed by atoms with Crippen LogP contribution in [-0.2, 0) is 27.5 Å². The van der Waals surface area contributed by atoms with Crippen LogP contribution in [0.5, 0.6) is 0 Å². The molecule has 5 heterocycles. The third-order valence-corrected chi connectivity index (χ3v) is 14.8. The maximum Gasteiger partial charge on any atom is 0.255 e. The molecule has 0 bridgehead atoms. The molecule has 74 heavy (non-hydrogen) atoms. The first-order chi connectivity index (χ1) is 35.7. The molecule has 0 saturated carbocycles. The van der Waals surface area contributed by atoms with Crippen molar-refractivity contribution < 1.29 is 24.3 Å². The number of hydrogen-bond acceptors (Lipinski definition) is 13. The highest BCUT2D eigenvalue weighted by atomic mass is 32.1. The van der Waals surface area contributed by atoms with Crippen molar-refractivity contribution in [1.29, 1.82) is 0 Å². The van der Waals surface area contributed by atoms with E-state index < -0.39 is 23.6 Å². The lowest BCUT2D eigenvalue weighted by Crippen LogP contribution is -2.56. The number of benzene rings is 3. The van der Waals surface area contributed by atoms with Crippen molar-refractivity contribution in [3.63, 3.8) is 0 Å². The Morgan fingerprint density at radius 1 is 0.838 bits per heavy atom. The smallest absolute Gasteiger partial charge is 0.255 e. The zero-order valence-electron chi connectivity index (χ0n) is 43.1. The van der Waals surface area contributed by atoms with Crippen LogP contribution < -0.4 is 21.3 Å². The summed E-state index contributed by atoms with van der Waals surface area (Å²) in [7, 11) is 0. The van der Waals surface area contributed by atoms with E-state index in [0.29, 0.717) is 49.8 Å². The molecule has 17 heteroatoms. The fourth-order valence-corrected chi connectivity index (χ4v) is 10.3. The second kappa shape index (κ2) is 24.9. The molecule has 3 aromatic heterocycles. The van der Waals surface area contributed by atoms with Crippen molar-refractivity contribution in [1.82, 2.24) is 45.3 Å². The van der Waals surface area contributed by atoms with E-state index in [1.807, 2.05) is 130 Å². The van der Waals surface area contributed by atoms with Gasteiger partial charge in [-0.15, -0.1) is 11.3 Å². The summed E-state index contributed by atoms with van der Waals surface area (Å²) >= 11 is 1.60. The van der Waals surface area contributed by atoms with E-state index in [0.717, 1.165) is 95.1 Å². The average molecular weight is 1020 g/mol. The van der Waals surface area contributed by atoms with Crippen LogP contribution in [0.4, 0.5) is 17.3 Å². The first-order valence-corrected chi connectivity index (χ1v) is 26.6. The number of aliphatic hydroxyl groups is 1. The number of nitrogens with zero attached hydrogens (tertiary/aromatic N) is 7. The minimum absolute atomic E-state index is 0.118. The highest BCUT2D eigenvalue weighted by Crippen LogP contribution is 2.29. The lowest BCUT2D eigenvalue weighted by molar-refractivity contribution is -0.142. The Hall–Kier alpha value is -6.92. The number of likely N-dealkylation sites (tertiary alicyclic amines) is 1. The number of amides is 4. The highest BCUT2D eigenvalue weighted by molar-refractivity contribution is 7.13. The molecule has 0 aliphatic carbocycles. The molecular weight excluding hydrogens is 951 g/mol. The molecule has 388 valence electrons. The van der Waals surface area contributed by atoms with Crippen LogP contribution in [0.1, 0.15) is 92.0 Å². The molecule has 4 amide bonds.